The Labute approximate surface area is 64.2 Å². The molecule has 0 saturated carbocycles. The van der Waals surface area contributed by atoms with Crippen molar-refractivity contribution >= 4 is 12.3 Å². The van der Waals surface area contributed by atoms with Gasteiger partial charge in [-0.05, 0) is 12.1 Å². The minimum Gasteiger partial charge on any atom is -0.512 e. The van der Waals surface area contributed by atoms with Crippen molar-refractivity contribution < 1.29 is 7.85 Å². The highest BCUT2D eigenvalue weighted by molar-refractivity contribution is 5.32. The molecule has 0 saturated heterocycles. The number of benzene rings is 1. The lowest BCUT2D eigenvalue weighted by Crippen LogP contribution is -2.23. The Balaban J connectivity index is 3.66. The Kier molecular flexibility index (Phi) is 0.978. The maximum absolute atomic E-state index is 7.18. The highest BCUT2D eigenvalue weighted by atomic mass is 16.3. The molecule has 0 fully saturated rings. The Morgan fingerprint density at radius 3 is 3.20 bits per heavy atom. The van der Waals surface area contributed by atoms with E-state index < -0.39 is 0 Å². The molecule has 1 aromatic carbocycles. The fourth-order valence-corrected chi connectivity index (χ4v) is 0.790. The van der Waals surface area contributed by atoms with Crippen LogP contribution in [0.3, 0.4) is 0 Å². The molecule has 0 atom stereocenters. The zero-order valence-electron chi connectivity index (χ0n) is 8.72. The predicted octanol–water partition coefficient (Wildman–Crippen LogP) is 0.783. The fraction of sp³-hybridized carbons (Fsp3) is 0.111. The van der Waals surface area contributed by atoms with E-state index in [1.54, 1.807) is 31.2 Å². The van der Waals surface area contributed by atoms with Gasteiger partial charge in [0.2, 0.25) is 0 Å². The lowest BCUT2D eigenvalue weighted by Gasteiger charge is -1.89. The molecule has 1 N–H and O–H groups in total. The zero-order valence-corrected chi connectivity index (χ0v) is 5.72. The second kappa shape index (κ2) is 2.56. The summed E-state index contributed by atoms with van der Waals surface area (Å²) >= 11 is 0. The molecule has 1 heteroatoms. The van der Waals surface area contributed by atoms with Gasteiger partial charge in [-0.15, -0.1) is 0 Å². The maximum Gasteiger partial charge on any atom is 0.293 e. The topological polar surface area (TPSA) is 20.2 Å². The van der Waals surface area contributed by atoms with Gasteiger partial charge in [0.1, 0.15) is 0 Å². The number of hydrogen-bond donors (Lipinski definition) is 1. The third-order valence-electron chi connectivity index (χ3n) is 1.31. The molecule has 0 heterocycles. The van der Waals surface area contributed by atoms with E-state index in [0.29, 0.717) is 16.2 Å². The summed E-state index contributed by atoms with van der Waals surface area (Å²) in [6.07, 6.45) is 0. The normalized spacial score (nSPS) is 16.3. The van der Waals surface area contributed by atoms with Crippen LogP contribution in [0.1, 0.15) is 9.67 Å². The first-order valence-corrected chi connectivity index (χ1v) is 3.03. The molecule has 0 aliphatic heterocycles. The molecule has 10 heavy (non-hydrogen) atoms. The quantitative estimate of drug-likeness (QED) is 0.606. The highest BCUT2D eigenvalue weighted by Gasteiger charge is 1.83. The summed E-state index contributed by atoms with van der Waals surface area (Å²) < 4.78 is 21.1. The Bertz CT molecular complexity index is 407. The third-order valence-corrected chi connectivity index (χ3v) is 1.31. The van der Waals surface area contributed by atoms with Crippen LogP contribution in [0.4, 0.5) is 0 Å². The molecule has 0 aliphatic rings. The second-order valence-corrected chi connectivity index (χ2v) is 2.10. The van der Waals surface area contributed by atoms with Crippen LogP contribution < -0.4 is 10.4 Å². The molecule has 0 spiro atoms. The molecule has 0 amide bonds. The predicted molar refractivity (Wildman–Crippen MR) is 42.9 cm³/mol. The van der Waals surface area contributed by atoms with Gasteiger partial charge in [-0.3, -0.25) is 0 Å². The fourth-order valence-electron chi connectivity index (χ4n) is 0.790. The minimum atomic E-state index is -0.271. The van der Waals surface area contributed by atoms with Gasteiger partial charge in [-0.1, -0.05) is 30.8 Å². The summed E-state index contributed by atoms with van der Waals surface area (Å²) in [5, 5.41) is 5.42. The van der Waals surface area contributed by atoms with E-state index in [-0.39, 0.29) is 6.53 Å². The van der Waals surface area contributed by atoms with E-state index in [1.807, 2.05) is 0 Å². The van der Waals surface area contributed by atoms with Crippen molar-refractivity contribution in [1.82, 2.24) is 0 Å². The van der Waals surface area contributed by atoms with Crippen molar-refractivity contribution in [3.8, 4) is 0 Å². The summed E-state index contributed by atoms with van der Waals surface area (Å²) in [6.45, 7) is 1.36. The Morgan fingerprint density at radius 2 is 2.50 bits per heavy atom. The van der Waals surface area contributed by atoms with E-state index in [2.05, 4.69) is 5.11 Å². The van der Waals surface area contributed by atoms with Gasteiger partial charge in [0.05, 0.1) is 8.50 Å². The first-order valence-electron chi connectivity index (χ1n) is 4.44. The van der Waals surface area contributed by atoms with Crippen LogP contribution in [-0.2, 0) is 0 Å². The lowest BCUT2D eigenvalue weighted by atomic mass is 10.2. The maximum atomic E-state index is 7.18. The van der Waals surface area contributed by atoms with E-state index in [4.69, 9.17) is 4.17 Å². The van der Waals surface area contributed by atoms with Gasteiger partial charge in [0.25, 0.3) is 1.43 Å². The van der Waals surface area contributed by atoms with Crippen molar-refractivity contribution in [2.24, 2.45) is 0 Å². The molecule has 52 valence electrons. The van der Waals surface area contributed by atoms with E-state index >= 15 is 0 Å². The largest absolute Gasteiger partial charge is 0.512 e. The summed E-state index contributed by atoms with van der Waals surface area (Å²) in [5.74, 6) is 0.396. The molecule has 1 nitrogen and oxygen atoms in total. The second-order valence-electron chi connectivity index (χ2n) is 2.10. The van der Waals surface area contributed by atoms with Crippen molar-refractivity contribution in [1.29, 1.82) is 1.43 Å². The van der Waals surface area contributed by atoms with Crippen molar-refractivity contribution in [3.63, 3.8) is 0 Å². The molecule has 0 unspecified atom stereocenters. The highest BCUT2D eigenvalue weighted by Crippen LogP contribution is 1.77. The van der Waals surface area contributed by atoms with Gasteiger partial charge in [0, 0.05) is 5.22 Å². The first-order chi connectivity index (χ1) is 6.16. The number of hydrogen-bond acceptors (Lipinski definition) is 1. The van der Waals surface area contributed by atoms with Gasteiger partial charge < -0.3 is 5.11 Å². The number of rotatable bonds is 1. The summed E-state index contributed by atoms with van der Waals surface area (Å²) in [6, 6.07) is 6.92. The summed E-state index contributed by atoms with van der Waals surface area (Å²) in [4.78, 5) is 0. The molecule has 0 aromatic heterocycles. The molecule has 0 bridgehead atoms. The van der Waals surface area contributed by atoms with Crippen LogP contribution in [0, 0.1) is 0 Å². The van der Waals surface area contributed by atoms with E-state index in [0.717, 1.165) is 0 Å². The molecule has 1 rings (SSSR count). The van der Waals surface area contributed by atoms with E-state index in [9.17, 15) is 0 Å². The monoisotopic (exact) mass is 137 g/mol. The first kappa shape index (κ1) is 3.81. The van der Waals surface area contributed by atoms with Crippen LogP contribution in [-0.4, -0.2) is 5.11 Å². The average Bonchev–Trinajstić information content (AvgIpc) is 2.16. The van der Waals surface area contributed by atoms with Crippen molar-refractivity contribution in [2.45, 2.75) is 6.92 Å². The van der Waals surface area contributed by atoms with Gasteiger partial charge >= 0.3 is 0 Å². The summed E-state index contributed by atoms with van der Waals surface area (Å²) in [7, 11) is 0. The van der Waals surface area contributed by atoms with Gasteiger partial charge in [0.15, 0.2) is 0 Å². The van der Waals surface area contributed by atoms with Gasteiger partial charge in [-0.2, -0.15) is 0 Å². The number of aliphatic hydroxyl groups excluding tert-OH is 1. The Hall–Kier alpha value is -1.24. The SMILES string of the molecule is [2H]O/C(C)=c1/ccccc1=C([2H])[2H]. The third kappa shape index (κ3) is 1.18. The van der Waals surface area contributed by atoms with E-state index in [1.165, 1.54) is 0 Å². The minimum absolute atomic E-state index is 0.271. The van der Waals surface area contributed by atoms with Crippen LogP contribution in [0.5, 0.6) is 0 Å². The average molecular weight is 137 g/mol. The van der Waals surface area contributed by atoms with Crippen LogP contribution in [0.25, 0.3) is 13.7 Å². The van der Waals surface area contributed by atoms with Crippen LogP contribution in [0.2, 0.25) is 0 Å². The van der Waals surface area contributed by atoms with Crippen molar-refractivity contribution in [3.05, 3.63) is 34.7 Å². The van der Waals surface area contributed by atoms with Crippen molar-refractivity contribution in [2.75, 3.05) is 0 Å². The Morgan fingerprint density at radius 1 is 1.70 bits per heavy atom. The van der Waals surface area contributed by atoms with Gasteiger partial charge in [-0.25, -0.2) is 0 Å². The van der Waals surface area contributed by atoms with Crippen LogP contribution in [0.15, 0.2) is 24.3 Å². The van der Waals surface area contributed by atoms with Crippen LogP contribution >= 0.6 is 0 Å². The molecular formula is C9H10O. The zero-order chi connectivity index (χ0) is 9.84. The molecule has 0 radical (unpaired) electrons. The molecule has 1 aromatic rings. The number of aliphatic hydroxyl groups is 1. The lowest BCUT2D eigenvalue weighted by molar-refractivity contribution is 0.498. The smallest absolute Gasteiger partial charge is 0.293 e. The molecule has 0 aliphatic carbocycles. The summed E-state index contributed by atoms with van der Waals surface area (Å²) in [5.41, 5.74) is 0. The standard InChI is InChI=1S/C9H10O/c1-7-5-3-4-6-9(7)8(2)10/h3-6,10H,1H2,2H3/b9-8-/i1D2/hD. The molecular weight excluding hydrogens is 124 g/mol.